The molecule has 0 bridgehead atoms. The number of carbonyl (C=O) groups is 2. The van der Waals surface area contributed by atoms with Crippen LogP contribution in [-0.2, 0) is 19.1 Å². The molecule has 0 aliphatic carbocycles. The largest absolute Gasteiger partial charge is 0.466 e. The van der Waals surface area contributed by atoms with Crippen LogP contribution in [0.15, 0.2) is 0 Å². The first-order chi connectivity index (χ1) is 9.43. The van der Waals surface area contributed by atoms with E-state index in [1.165, 1.54) is 0 Å². The first kappa shape index (κ1) is 17.9. The molecule has 0 aromatic carbocycles. The minimum atomic E-state index is -0.985. The van der Waals surface area contributed by atoms with E-state index in [-0.39, 0.29) is 32.5 Å². The van der Waals surface area contributed by atoms with Gasteiger partial charge in [0.05, 0.1) is 31.8 Å². The molecule has 6 nitrogen and oxygen atoms in total. The summed E-state index contributed by atoms with van der Waals surface area (Å²) in [6.45, 7) is 5.52. The van der Waals surface area contributed by atoms with E-state index < -0.39 is 23.3 Å². The van der Waals surface area contributed by atoms with Crippen molar-refractivity contribution in [2.45, 2.75) is 40.0 Å². The summed E-state index contributed by atoms with van der Waals surface area (Å²) in [5, 5.41) is 18.1. The Hall–Kier alpha value is -2.08. The predicted octanol–water partition coefficient (Wildman–Crippen LogP) is 1.95. The van der Waals surface area contributed by atoms with Crippen molar-refractivity contribution in [3.05, 3.63) is 0 Å². The van der Waals surface area contributed by atoms with Crippen molar-refractivity contribution in [2.24, 2.45) is 11.3 Å². The zero-order valence-corrected chi connectivity index (χ0v) is 12.1. The lowest BCUT2D eigenvalue weighted by Crippen LogP contribution is -2.30. The fourth-order valence-corrected chi connectivity index (χ4v) is 1.84. The number of rotatable bonds is 8. The van der Waals surface area contributed by atoms with E-state index in [9.17, 15) is 9.59 Å². The highest BCUT2D eigenvalue weighted by molar-refractivity contribution is 5.71. The van der Waals surface area contributed by atoms with Crippen molar-refractivity contribution in [2.75, 3.05) is 13.2 Å². The SMILES string of the molecule is CCOC(=O)CCC(C)(CC(=O)OCC)C(C#N)C#N. The summed E-state index contributed by atoms with van der Waals surface area (Å²) < 4.78 is 9.67. The van der Waals surface area contributed by atoms with Crippen LogP contribution in [0.25, 0.3) is 0 Å². The topological polar surface area (TPSA) is 100 Å². The number of esters is 2. The Balaban J connectivity index is 4.89. The number of nitriles is 2. The van der Waals surface area contributed by atoms with Gasteiger partial charge in [0.25, 0.3) is 0 Å². The lowest BCUT2D eigenvalue weighted by Gasteiger charge is -2.28. The summed E-state index contributed by atoms with van der Waals surface area (Å²) in [5.74, 6) is -1.87. The van der Waals surface area contributed by atoms with Crippen molar-refractivity contribution in [3.63, 3.8) is 0 Å². The Bertz CT molecular complexity index is 408. The molecule has 0 spiro atoms. The van der Waals surface area contributed by atoms with Crippen molar-refractivity contribution in [1.82, 2.24) is 0 Å². The number of hydrogen-bond acceptors (Lipinski definition) is 6. The van der Waals surface area contributed by atoms with Crippen LogP contribution < -0.4 is 0 Å². The number of nitrogens with zero attached hydrogens (tertiary/aromatic N) is 2. The van der Waals surface area contributed by atoms with Crippen molar-refractivity contribution < 1.29 is 19.1 Å². The van der Waals surface area contributed by atoms with Crippen molar-refractivity contribution >= 4 is 11.9 Å². The van der Waals surface area contributed by atoms with E-state index in [4.69, 9.17) is 20.0 Å². The second kappa shape index (κ2) is 8.92. The van der Waals surface area contributed by atoms with Crippen molar-refractivity contribution in [3.8, 4) is 12.1 Å². The molecule has 110 valence electrons. The molecule has 1 atom stereocenters. The molecule has 20 heavy (non-hydrogen) atoms. The lowest BCUT2D eigenvalue weighted by atomic mass is 9.72. The molecule has 0 N–H and O–H groups in total. The van der Waals surface area contributed by atoms with Gasteiger partial charge in [0.2, 0.25) is 0 Å². The molecule has 0 saturated heterocycles. The molecule has 0 radical (unpaired) electrons. The second-order valence-corrected chi connectivity index (χ2v) is 4.63. The van der Waals surface area contributed by atoms with Crippen LogP contribution in [0.2, 0.25) is 0 Å². The van der Waals surface area contributed by atoms with E-state index in [2.05, 4.69) is 0 Å². The standard InChI is InChI=1S/C14H20N2O4/c1-4-19-12(17)6-7-14(3,11(9-15)10-16)8-13(18)20-5-2/h11H,4-8H2,1-3H3. The fourth-order valence-electron chi connectivity index (χ4n) is 1.84. The highest BCUT2D eigenvalue weighted by Crippen LogP contribution is 2.36. The average Bonchev–Trinajstić information content (AvgIpc) is 2.38. The van der Waals surface area contributed by atoms with Crippen LogP contribution in [0.3, 0.4) is 0 Å². The molecular formula is C14H20N2O4. The van der Waals surface area contributed by atoms with Gasteiger partial charge in [-0.2, -0.15) is 10.5 Å². The molecule has 0 amide bonds. The van der Waals surface area contributed by atoms with Gasteiger partial charge in [-0.15, -0.1) is 0 Å². The minimum Gasteiger partial charge on any atom is -0.466 e. The van der Waals surface area contributed by atoms with Crippen LogP contribution in [0.4, 0.5) is 0 Å². The second-order valence-electron chi connectivity index (χ2n) is 4.63. The first-order valence-electron chi connectivity index (χ1n) is 6.54. The molecule has 1 unspecified atom stereocenters. The summed E-state index contributed by atoms with van der Waals surface area (Å²) in [4.78, 5) is 23.0. The van der Waals surface area contributed by atoms with Crippen LogP contribution in [0.1, 0.15) is 40.0 Å². The van der Waals surface area contributed by atoms with Gasteiger partial charge in [0.15, 0.2) is 0 Å². The Kier molecular flexibility index (Phi) is 8.00. The number of carbonyl (C=O) groups excluding carboxylic acids is 2. The molecule has 0 aliphatic rings. The van der Waals surface area contributed by atoms with Gasteiger partial charge in [-0.25, -0.2) is 0 Å². The van der Waals surface area contributed by atoms with Crippen LogP contribution in [0.5, 0.6) is 0 Å². The van der Waals surface area contributed by atoms with E-state index in [1.807, 2.05) is 12.1 Å². The van der Waals surface area contributed by atoms with E-state index in [0.29, 0.717) is 0 Å². The number of ether oxygens (including phenoxy) is 2. The summed E-state index contributed by atoms with van der Waals surface area (Å²) in [6, 6.07) is 3.75. The van der Waals surface area contributed by atoms with Gasteiger partial charge in [-0.1, -0.05) is 6.92 Å². The van der Waals surface area contributed by atoms with Crippen LogP contribution in [-0.4, -0.2) is 25.2 Å². The summed E-state index contributed by atoms with van der Waals surface area (Å²) in [5.41, 5.74) is -0.928. The van der Waals surface area contributed by atoms with Crippen molar-refractivity contribution in [1.29, 1.82) is 10.5 Å². The molecular weight excluding hydrogens is 260 g/mol. The van der Waals surface area contributed by atoms with E-state index in [1.54, 1.807) is 20.8 Å². The molecule has 0 aromatic heterocycles. The maximum Gasteiger partial charge on any atom is 0.306 e. The molecule has 0 aliphatic heterocycles. The Morgan fingerprint density at radius 3 is 2.05 bits per heavy atom. The Labute approximate surface area is 119 Å². The third-order valence-electron chi connectivity index (χ3n) is 3.01. The molecule has 6 heteroatoms. The maximum absolute atomic E-state index is 11.6. The van der Waals surface area contributed by atoms with Crippen LogP contribution in [0, 0.1) is 34.0 Å². The van der Waals surface area contributed by atoms with Gasteiger partial charge in [0, 0.05) is 11.8 Å². The minimum absolute atomic E-state index is 0.0591. The van der Waals surface area contributed by atoms with Gasteiger partial charge in [-0.3, -0.25) is 9.59 Å². The van der Waals surface area contributed by atoms with E-state index >= 15 is 0 Å². The average molecular weight is 280 g/mol. The third kappa shape index (κ3) is 5.71. The Morgan fingerprint density at radius 1 is 1.10 bits per heavy atom. The maximum atomic E-state index is 11.6. The summed E-state index contributed by atoms with van der Waals surface area (Å²) >= 11 is 0. The highest BCUT2D eigenvalue weighted by atomic mass is 16.5. The van der Waals surface area contributed by atoms with Crippen LogP contribution >= 0.6 is 0 Å². The molecule has 0 rings (SSSR count). The smallest absolute Gasteiger partial charge is 0.306 e. The molecule has 0 aromatic rings. The zero-order chi connectivity index (χ0) is 15.6. The quantitative estimate of drug-likeness (QED) is 0.630. The van der Waals surface area contributed by atoms with Gasteiger partial charge >= 0.3 is 11.9 Å². The van der Waals surface area contributed by atoms with Gasteiger partial charge in [-0.05, 0) is 20.3 Å². The monoisotopic (exact) mass is 280 g/mol. The van der Waals surface area contributed by atoms with Gasteiger partial charge in [0.1, 0.15) is 5.92 Å². The normalized spacial score (nSPS) is 12.9. The highest BCUT2D eigenvalue weighted by Gasteiger charge is 2.38. The summed E-state index contributed by atoms with van der Waals surface area (Å²) in [6.07, 6.45) is 0.200. The van der Waals surface area contributed by atoms with Gasteiger partial charge < -0.3 is 9.47 Å². The first-order valence-corrected chi connectivity index (χ1v) is 6.54. The Morgan fingerprint density at radius 2 is 1.60 bits per heavy atom. The lowest BCUT2D eigenvalue weighted by molar-refractivity contribution is -0.148. The third-order valence-corrected chi connectivity index (χ3v) is 3.01. The number of hydrogen-bond donors (Lipinski definition) is 0. The molecule has 0 saturated carbocycles. The summed E-state index contributed by atoms with van der Waals surface area (Å²) in [7, 11) is 0. The molecule has 0 heterocycles. The van der Waals surface area contributed by atoms with E-state index in [0.717, 1.165) is 0 Å². The zero-order valence-electron chi connectivity index (χ0n) is 12.1. The molecule has 0 fully saturated rings. The fraction of sp³-hybridized carbons (Fsp3) is 0.714. The predicted molar refractivity (Wildman–Crippen MR) is 69.9 cm³/mol.